The Morgan fingerprint density at radius 1 is 1.36 bits per heavy atom. The van der Waals surface area contributed by atoms with E-state index >= 15 is 0 Å². The molecule has 3 rings (SSSR count). The van der Waals surface area contributed by atoms with Crippen molar-refractivity contribution < 1.29 is 17.6 Å². The molecule has 0 saturated carbocycles. The molecule has 0 bridgehead atoms. The van der Waals surface area contributed by atoms with Gasteiger partial charge in [0.25, 0.3) is 5.91 Å². The van der Waals surface area contributed by atoms with E-state index in [-0.39, 0.29) is 35.0 Å². The van der Waals surface area contributed by atoms with Gasteiger partial charge in [0.15, 0.2) is 15.0 Å². The number of hydrogen-bond acceptors (Lipinski definition) is 5. The first-order valence-corrected chi connectivity index (χ1v) is 10.4. The molecular formula is C16H16FN3O3S2. The largest absolute Gasteiger partial charge is 0.346 e. The van der Waals surface area contributed by atoms with E-state index in [2.05, 4.69) is 4.99 Å². The van der Waals surface area contributed by atoms with Crippen LogP contribution in [0, 0.1) is 17.1 Å². The molecule has 0 aliphatic carbocycles. The van der Waals surface area contributed by atoms with Gasteiger partial charge < -0.3 is 4.90 Å². The van der Waals surface area contributed by atoms with Crippen LogP contribution in [0.1, 0.15) is 12.0 Å². The van der Waals surface area contributed by atoms with Gasteiger partial charge in [0.1, 0.15) is 12.2 Å². The van der Waals surface area contributed by atoms with Gasteiger partial charge in [-0.3, -0.25) is 4.79 Å². The number of hydrogen-bond donors (Lipinski definition) is 0. The third-order valence-corrected chi connectivity index (χ3v) is 7.43. The Morgan fingerprint density at radius 3 is 2.76 bits per heavy atom. The van der Waals surface area contributed by atoms with E-state index in [1.807, 2.05) is 4.90 Å². The molecule has 0 radical (unpaired) electrons. The summed E-state index contributed by atoms with van der Waals surface area (Å²) < 4.78 is 36.8. The average Bonchev–Trinajstić information content (AvgIpc) is 2.98. The maximum absolute atomic E-state index is 13.0. The predicted molar refractivity (Wildman–Crippen MR) is 93.3 cm³/mol. The lowest BCUT2D eigenvalue weighted by molar-refractivity contribution is -0.116. The number of nitrogens with zero attached hydrogens (tertiary/aromatic N) is 3. The summed E-state index contributed by atoms with van der Waals surface area (Å²) in [4.78, 5) is 17.5. The zero-order chi connectivity index (χ0) is 18.0. The van der Waals surface area contributed by atoms with Gasteiger partial charge in [0.2, 0.25) is 0 Å². The fraction of sp³-hybridized carbons (Fsp3) is 0.438. The molecule has 1 aromatic carbocycles. The van der Waals surface area contributed by atoms with Crippen molar-refractivity contribution in [3.8, 4) is 6.07 Å². The van der Waals surface area contributed by atoms with E-state index in [9.17, 15) is 17.6 Å². The van der Waals surface area contributed by atoms with E-state index in [0.29, 0.717) is 18.1 Å². The molecule has 2 heterocycles. The van der Waals surface area contributed by atoms with Crippen LogP contribution >= 0.6 is 11.8 Å². The highest BCUT2D eigenvalue weighted by Gasteiger charge is 2.48. The van der Waals surface area contributed by atoms with E-state index in [1.54, 1.807) is 18.2 Å². The van der Waals surface area contributed by atoms with Gasteiger partial charge in [-0.2, -0.15) is 10.3 Å². The monoisotopic (exact) mass is 381 g/mol. The van der Waals surface area contributed by atoms with Crippen molar-refractivity contribution in [2.75, 3.05) is 18.1 Å². The van der Waals surface area contributed by atoms with Crippen molar-refractivity contribution in [3.63, 3.8) is 0 Å². The summed E-state index contributed by atoms with van der Waals surface area (Å²) in [5, 5.41) is 8.94. The van der Waals surface area contributed by atoms with Crippen LogP contribution in [0.2, 0.25) is 0 Å². The number of sulfone groups is 1. The molecule has 2 saturated heterocycles. The lowest BCUT2D eigenvalue weighted by Crippen LogP contribution is -2.39. The molecule has 0 N–H and O–H groups in total. The molecule has 2 aliphatic rings. The smallest absolute Gasteiger partial charge is 0.262 e. The number of amidine groups is 1. The van der Waals surface area contributed by atoms with Gasteiger partial charge in [0, 0.05) is 11.8 Å². The second-order valence-electron chi connectivity index (χ2n) is 5.99. The number of rotatable bonds is 4. The van der Waals surface area contributed by atoms with Crippen LogP contribution in [-0.4, -0.2) is 53.7 Å². The van der Waals surface area contributed by atoms with E-state index in [1.165, 1.54) is 23.9 Å². The van der Waals surface area contributed by atoms with Gasteiger partial charge >= 0.3 is 0 Å². The zero-order valence-corrected chi connectivity index (χ0v) is 14.9. The van der Waals surface area contributed by atoms with Crippen LogP contribution < -0.4 is 0 Å². The van der Waals surface area contributed by atoms with Crippen LogP contribution in [0.25, 0.3) is 0 Å². The maximum atomic E-state index is 13.0. The number of benzene rings is 1. The first-order chi connectivity index (χ1) is 11.9. The molecule has 2 unspecified atom stereocenters. The molecule has 0 spiro atoms. The molecule has 6 nitrogen and oxygen atoms in total. The van der Waals surface area contributed by atoms with Gasteiger partial charge in [-0.05, 0) is 24.1 Å². The SMILES string of the molecule is N#CCC(=O)N=C1SC2CS(=O)(=O)CC2N1CCc1ccc(F)cc1. The van der Waals surface area contributed by atoms with Crippen molar-refractivity contribution >= 4 is 32.7 Å². The summed E-state index contributed by atoms with van der Waals surface area (Å²) in [5.74, 6) is -0.730. The Bertz CT molecular complexity index is 846. The van der Waals surface area contributed by atoms with Crippen molar-refractivity contribution in [2.24, 2.45) is 4.99 Å². The van der Waals surface area contributed by atoms with Gasteiger partial charge in [-0.15, -0.1) is 0 Å². The van der Waals surface area contributed by atoms with Crippen molar-refractivity contribution in [2.45, 2.75) is 24.1 Å². The number of amides is 1. The standard InChI is InChI=1S/C16H16FN3O3S2/c17-12-3-1-11(2-4-12)6-8-20-13-9-25(22,23)10-14(13)24-16(20)19-15(21)5-7-18/h1-4,13-14H,5-6,8-10H2. The molecule has 25 heavy (non-hydrogen) atoms. The Morgan fingerprint density at radius 2 is 2.08 bits per heavy atom. The van der Waals surface area contributed by atoms with Crippen molar-refractivity contribution in [1.82, 2.24) is 4.90 Å². The Hall–Kier alpha value is -1.92. The number of carbonyl (C=O) groups excluding carboxylic acids is 1. The van der Waals surface area contributed by atoms with Gasteiger partial charge in [-0.25, -0.2) is 12.8 Å². The minimum absolute atomic E-state index is 0.0412. The lowest BCUT2D eigenvalue weighted by atomic mass is 10.1. The quantitative estimate of drug-likeness (QED) is 0.783. The number of fused-ring (bicyclic) bond motifs is 1. The lowest BCUT2D eigenvalue weighted by Gasteiger charge is -2.24. The summed E-state index contributed by atoms with van der Waals surface area (Å²) in [6.07, 6.45) is 0.277. The Kier molecular flexibility index (Phi) is 5.11. The fourth-order valence-electron chi connectivity index (χ4n) is 3.01. The van der Waals surface area contributed by atoms with Crippen LogP contribution in [0.5, 0.6) is 0 Å². The maximum Gasteiger partial charge on any atom is 0.262 e. The highest BCUT2D eigenvalue weighted by molar-refractivity contribution is 8.15. The highest BCUT2D eigenvalue weighted by Crippen LogP contribution is 2.38. The average molecular weight is 381 g/mol. The van der Waals surface area contributed by atoms with Crippen LogP contribution in [0.4, 0.5) is 4.39 Å². The van der Waals surface area contributed by atoms with Crippen LogP contribution in [0.3, 0.4) is 0 Å². The highest BCUT2D eigenvalue weighted by atomic mass is 32.2. The molecule has 2 aliphatic heterocycles. The summed E-state index contributed by atoms with van der Waals surface area (Å²) in [6, 6.07) is 7.66. The Labute approximate surface area is 149 Å². The van der Waals surface area contributed by atoms with Crippen molar-refractivity contribution in [1.29, 1.82) is 5.26 Å². The van der Waals surface area contributed by atoms with E-state index in [4.69, 9.17) is 5.26 Å². The minimum atomic E-state index is -3.09. The number of carbonyl (C=O) groups is 1. The zero-order valence-electron chi connectivity index (χ0n) is 13.3. The topological polar surface area (TPSA) is 90.6 Å². The van der Waals surface area contributed by atoms with Gasteiger partial charge in [-0.1, -0.05) is 23.9 Å². The molecule has 1 aromatic rings. The summed E-state index contributed by atoms with van der Waals surface area (Å²) in [6.45, 7) is 0.480. The Balaban J connectivity index is 1.78. The van der Waals surface area contributed by atoms with Gasteiger partial charge in [0.05, 0.1) is 23.6 Å². The van der Waals surface area contributed by atoms with Crippen LogP contribution in [0.15, 0.2) is 29.3 Å². The predicted octanol–water partition coefficient (Wildman–Crippen LogP) is 1.38. The molecule has 132 valence electrons. The molecule has 2 fully saturated rings. The molecule has 2 atom stereocenters. The normalized spacial score (nSPS) is 25.8. The summed E-state index contributed by atoms with van der Waals surface area (Å²) in [5.41, 5.74) is 0.915. The van der Waals surface area contributed by atoms with E-state index in [0.717, 1.165) is 5.56 Å². The third kappa shape index (κ3) is 4.19. The fourth-order valence-corrected chi connectivity index (χ4v) is 7.01. The molecule has 1 amide bonds. The second kappa shape index (κ2) is 7.14. The van der Waals surface area contributed by atoms with E-state index < -0.39 is 15.7 Å². The number of halogens is 1. The minimum Gasteiger partial charge on any atom is -0.346 e. The molecule has 9 heteroatoms. The summed E-state index contributed by atoms with van der Waals surface area (Å²) in [7, 11) is -3.09. The number of thioether (sulfide) groups is 1. The van der Waals surface area contributed by atoms with Crippen molar-refractivity contribution in [3.05, 3.63) is 35.6 Å². The number of nitriles is 1. The van der Waals surface area contributed by atoms with Crippen LogP contribution in [-0.2, 0) is 21.1 Å². The first kappa shape index (κ1) is 17.9. The summed E-state index contributed by atoms with van der Waals surface area (Å²) >= 11 is 1.29. The molecule has 0 aromatic heterocycles. The number of aliphatic imine (C=N–C) groups is 1. The first-order valence-electron chi connectivity index (χ1n) is 7.74. The third-order valence-electron chi connectivity index (χ3n) is 4.18. The molecular weight excluding hydrogens is 365 g/mol. The second-order valence-corrected chi connectivity index (χ2v) is 9.35.